The number of carbonyl (C=O) groups is 1. The summed E-state index contributed by atoms with van der Waals surface area (Å²) in [6.45, 7) is 7.76. The van der Waals surface area contributed by atoms with E-state index in [1.807, 2.05) is 39.8 Å². The van der Waals surface area contributed by atoms with Gasteiger partial charge in [0, 0.05) is 5.92 Å². The Morgan fingerprint density at radius 3 is 2.33 bits per heavy atom. The summed E-state index contributed by atoms with van der Waals surface area (Å²) < 4.78 is 5.26. The average Bonchev–Trinajstić information content (AvgIpc) is 2.15. The van der Waals surface area contributed by atoms with E-state index in [0.717, 1.165) is 16.7 Å². The highest BCUT2D eigenvalue weighted by Crippen LogP contribution is 2.26. The quantitative estimate of drug-likeness (QED) is 0.710. The zero-order valence-electron chi connectivity index (χ0n) is 10.0. The van der Waals surface area contributed by atoms with Crippen LogP contribution in [0, 0.1) is 19.8 Å². The second-order valence-corrected chi connectivity index (χ2v) is 4.18. The van der Waals surface area contributed by atoms with Crippen LogP contribution >= 0.6 is 0 Å². The van der Waals surface area contributed by atoms with Gasteiger partial charge in [-0.2, -0.15) is 0 Å². The number of hydrogen-bond acceptors (Lipinski definition) is 2. The van der Waals surface area contributed by atoms with Crippen molar-refractivity contribution in [1.29, 1.82) is 0 Å². The first-order valence-electron chi connectivity index (χ1n) is 5.16. The molecule has 0 aromatic heterocycles. The van der Waals surface area contributed by atoms with Gasteiger partial charge in [0.15, 0.2) is 5.78 Å². The number of ether oxygens (including phenoxy) is 1. The number of aryl methyl sites for hydroxylation is 2. The third kappa shape index (κ3) is 2.38. The predicted octanol–water partition coefficient (Wildman–Crippen LogP) is 3.15. The smallest absolute Gasteiger partial charge is 0.169 e. The van der Waals surface area contributed by atoms with E-state index in [-0.39, 0.29) is 11.7 Å². The first-order chi connectivity index (χ1) is 6.97. The largest absolute Gasteiger partial charge is 0.496 e. The number of methoxy groups -OCH3 is 1. The van der Waals surface area contributed by atoms with E-state index >= 15 is 0 Å². The van der Waals surface area contributed by atoms with Gasteiger partial charge in [-0.3, -0.25) is 4.79 Å². The highest BCUT2D eigenvalue weighted by atomic mass is 16.5. The molecule has 82 valence electrons. The number of hydrogen-bond donors (Lipinski definition) is 0. The summed E-state index contributed by atoms with van der Waals surface area (Å²) in [5.74, 6) is 0.829. The molecule has 0 heterocycles. The number of Topliss-reactive ketones (excluding diaryl/α,β-unsaturated/α-hetero) is 1. The Bertz CT molecular complexity index is 378. The lowest BCUT2D eigenvalue weighted by Crippen LogP contribution is -2.11. The van der Waals surface area contributed by atoms with E-state index in [1.54, 1.807) is 7.11 Å². The first kappa shape index (κ1) is 11.8. The lowest BCUT2D eigenvalue weighted by molar-refractivity contribution is 0.0935. The van der Waals surface area contributed by atoms with Gasteiger partial charge in [0.2, 0.25) is 0 Å². The number of rotatable bonds is 3. The Morgan fingerprint density at radius 1 is 1.27 bits per heavy atom. The predicted molar refractivity (Wildman–Crippen MR) is 61.6 cm³/mol. The van der Waals surface area contributed by atoms with Crippen LogP contribution in [0.1, 0.15) is 35.3 Å². The molecular weight excluding hydrogens is 188 g/mol. The molecule has 1 aromatic rings. The van der Waals surface area contributed by atoms with E-state index in [1.165, 1.54) is 0 Å². The molecular formula is C13H18O2. The average molecular weight is 206 g/mol. The van der Waals surface area contributed by atoms with Crippen LogP contribution in [0.4, 0.5) is 0 Å². The zero-order chi connectivity index (χ0) is 11.6. The molecule has 1 aromatic carbocycles. The van der Waals surface area contributed by atoms with E-state index in [2.05, 4.69) is 0 Å². The maximum Gasteiger partial charge on any atom is 0.169 e. The standard InChI is InChI=1S/C13H18O2/c1-8(2)13(14)12-10(4)6-9(3)7-11(12)15-5/h6-8H,1-5H3. The second-order valence-electron chi connectivity index (χ2n) is 4.18. The van der Waals surface area contributed by atoms with Gasteiger partial charge in [-0.25, -0.2) is 0 Å². The van der Waals surface area contributed by atoms with Gasteiger partial charge >= 0.3 is 0 Å². The minimum absolute atomic E-state index is 0.000283. The third-order valence-corrected chi connectivity index (χ3v) is 2.43. The van der Waals surface area contributed by atoms with Crippen molar-refractivity contribution < 1.29 is 9.53 Å². The molecule has 2 nitrogen and oxygen atoms in total. The van der Waals surface area contributed by atoms with E-state index < -0.39 is 0 Å². The molecule has 0 aliphatic carbocycles. The third-order valence-electron chi connectivity index (χ3n) is 2.43. The van der Waals surface area contributed by atoms with Crippen LogP contribution < -0.4 is 4.74 Å². The fourth-order valence-corrected chi connectivity index (χ4v) is 1.69. The topological polar surface area (TPSA) is 26.3 Å². The minimum Gasteiger partial charge on any atom is -0.496 e. The fraction of sp³-hybridized carbons (Fsp3) is 0.462. The SMILES string of the molecule is COc1cc(C)cc(C)c1C(=O)C(C)C. The lowest BCUT2D eigenvalue weighted by Gasteiger charge is -2.13. The molecule has 0 saturated heterocycles. The molecule has 1 rings (SSSR count). The van der Waals surface area contributed by atoms with Crippen molar-refractivity contribution in [2.75, 3.05) is 7.11 Å². The number of carbonyl (C=O) groups excluding carboxylic acids is 1. The van der Waals surface area contributed by atoms with Crippen LogP contribution in [0.3, 0.4) is 0 Å². The summed E-state index contributed by atoms with van der Waals surface area (Å²) >= 11 is 0. The Kier molecular flexibility index (Phi) is 3.51. The molecule has 0 atom stereocenters. The summed E-state index contributed by atoms with van der Waals surface area (Å²) in [6.07, 6.45) is 0. The normalized spacial score (nSPS) is 10.5. The second kappa shape index (κ2) is 4.47. The molecule has 0 saturated carbocycles. The van der Waals surface area contributed by atoms with Crippen LogP contribution in [0.5, 0.6) is 5.75 Å². The molecule has 0 fully saturated rings. The monoisotopic (exact) mass is 206 g/mol. The Morgan fingerprint density at radius 2 is 1.87 bits per heavy atom. The van der Waals surface area contributed by atoms with E-state index in [0.29, 0.717) is 5.75 Å². The van der Waals surface area contributed by atoms with Gasteiger partial charge in [0.25, 0.3) is 0 Å². The van der Waals surface area contributed by atoms with Crippen LogP contribution in [-0.2, 0) is 0 Å². The van der Waals surface area contributed by atoms with Gasteiger partial charge in [0.05, 0.1) is 12.7 Å². The minimum atomic E-state index is 0.000283. The Hall–Kier alpha value is -1.31. The van der Waals surface area contributed by atoms with Crippen molar-refractivity contribution in [3.8, 4) is 5.75 Å². The van der Waals surface area contributed by atoms with Crippen molar-refractivity contribution in [2.45, 2.75) is 27.7 Å². The summed E-state index contributed by atoms with van der Waals surface area (Å²) in [5, 5.41) is 0. The van der Waals surface area contributed by atoms with Crippen LogP contribution in [0.2, 0.25) is 0 Å². The molecule has 2 heteroatoms. The van der Waals surface area contributed by atoms with Gasteiger partial charge in [-0.15, -0.1) is 0 Å². The number of ketones is 1. The molecule has 0 aliphatic rings. The maximum absolute atomic E-state index is 12.0. The van der Waals surface area contributed by atoms with Crippen LogP contribution in [0.15, 0.2) is 12.1 Å². The van der Waals surface area contributed by atoms with Crippen molar-refractivity contribution >= 4 is 5.78 Å². The summed E-state index contributed by atoms with van der Waals surface area (Å²) in [7, 11) is 1.60. The summed E-state index contributed by atoms with van der Waals surface area (Å²) in [6, 6.07) is 3.92. The van der Waals surface area contributed by atoms with Gasteiger partial charge in [-0.1, -0.05) is 19.9 Å². The highest BCUT2D eigenvalue weighted by molar-refractivity contribution is 6.01. The van der Waals surface area contributed by atoms with Crippen molar-refractivity contribution in [1.82, 2.24) is 0 Å². The number of benzene rings is 1. The lowest BCUT2D eigenvalue weighted by atomic mass is 9.95. The van der Waals surface area contributed by atoms with Gasteiger partial charge in [-0.05, 0) is 31.0 Å². The molecule has 0 aliphatic heterocycles. The summed E-state index contributed by atoms with van der Waals surface area (Å²) in [5.41, 5.74) is 2.83. The first-order valence-corrected chi connectivity index (χ1v) is 5.16. The van der Waals surface area contributed by atoms with Gasteiger partial charge < -0.3 is 4.74 Å². The molecule has 0 amide bonds. The maximum atomic E-state index is 12.0. The Labute approximate surface area is 91.3 Å². The zero-order valence-corrected chi connectivity index (χ0v) is 10.0. The van der Waals surface area contributed by atoms with Crippen LogP contribution in [-0.4, -0.2) is 12.9 Å². The highest BCUT2D eigenvalue weighted by Gasteiger charge is 2.18. The van der Waals surface area contributed by atoms with E-state index in [4.69, 9.17) is 4.74 Å². The van der Waals surface area contributed by atoms with Crippen molar-refractivity contribution in [3.05, 3.63) is 28.8 Å². The summed E-state index contributed by atoms with van der Waals surface area (Å²) in [4.78, 5) is 12.0. The fourth-order valence-electron chi connectivity index (χ4n) is 1.69. The molecule has 0 bridgehead atoms. The van der Waals surface area contributed by atoms with Gasteiger partial charge in [0.1, 0.15) is 5.75 Å². The Balaban J connectivity index is 3.33. The molecule has 0 radical (unpaired) electrons. The molecule has 0 N–H and O–H groups in total. The molecule has 0 spiro atoms. The van der Waals surface area contributed by atoms with Crippen molar-refractivity contribution in [2.24, 2.45) is 5.92 Å². The van der Waals surface area contributed by atoms with Crippen LogP contribution in [0.25, 0.3) is 0 Å². The van der Waals surface area contributed by atoms with Crippen molar-refractivity contribution in [3.63, 3.8) is 0 Å². The van der Waals surface area contributed by atoms with E-state index in [9.17, 15) is 4.79 Å². The molecule has 15 heavy (non-hydrogen) atoms. The molecule has 0 unspecified atom stereocenters.